The fraction of sp³-hybridized carbons (Fsp3) is 0.375. The molecule has 0 aliphatic heterocycles. The molecule has 0 amide bonds. The van der Waals surface area contributed by atoms with Crippen molar-refractivity contribution in [1.29, 1.82) is 0 Å². The maximum atomic E-state index is 12.4. The van der Waals surface area contributed by atoms with Crippen LogP contribution in [0.15, 0.2) is 29.3 Å². The molecule has 0 unspecified atom stereocenters. The smallest absolute Gasteiger partial charge is 0.387 e. The molecule has 2 rings (SSSR count). The predicted molar refractivity (Wildman–Crippen MR) is 91.7 cm³/mol. The summed E-state index contributed by atoms with van der Waals surface area (Å²) in [5.41, 5.74) is 1.63. The molecule has 24 heavy (non-hydrogen) atoms. The standard InChI is InChI=1S/C16H20F2N4OS/c1-10-14(24-11(2)22-10)9-21-16(19-3)20-8-12-6-4-5-7-13(12)23-15(17)18/h4-7,15H,8-9H2,1-3H3,(H2,19,20,21). The van der Waals surface area contributed by atoms with Crippen LogP contribution in [0.4, 0.5) is 8.78 Å². The van der Waals surface area contributed by atoms with E-state index >= 15 is 0 Å². The quantitative estimate of drug-likeness (QED) is 0.618. The van der Waals surface area contributed by atoms with Gasteiger partial charge in [-0.05, 0) is 19.9 Å². The summed E-state index contributed by atoms with van der Waals surface area (Å²) in [5.74, 6) is 0.733. The van der Waals surface area contributed by atoms with Gasteiger partial charge in [0, 0.05) is 24.0 Å². The van der Waals surface area contributed by atoms with E-state index in [9.17, 15) is 8.78 Å². The van der Waals surface area contributed by atoms with Crippen molar-refractivity contribution in [2.75, 3.05) is 7.05 Å². The Bertz CT molecular complexity index is 703. The number of halogens is 2. The molecule has 0 bridgehead atoms. The molecule has 1 aromatic carbocycles. The Morgan fingerprint density at radius 2 is 1.96 bits per heavy atom. The normalized spacial score (nSPS) is 11.7. The second-order valence-electron chi connectivity index (χ2n) is 5.01. The zero-order valence-electron chi connectivity index (χ0n) is 13.8. The van der Waals surface area contributed by atoms with E-state index in [-0.39, 0.29) is 5.75 Å². The minimum Gasteiger partial charge on any atom is -0.434 e. The van der Waals surface area contributed by atoms with Crippen LogP contribution in [0.25, 0.3) is 0 Å². The largest absolute Gasteiger partial charge is 0.434 e. The van der Waals surface area contributed by atoms with Gasteiger partial charge in [0.15, 0.2) is 5.96 Å². The van der Waals surface area contributed by atoms with E-state index in [2.05, 4.69) is 25.3 Å². The number of aliphatic imine (C=N–C) groups is 1. The number of rotatable bonds is 6. The van der Waals surface area contributed by atoms with Gasteiger partial charge in [0.25, 0.3) is 0 Å². The van der Waals surface area contributed by atoms with Crippen molar-refractivity contribution in [1.82, 2.24) is 15.6 Å². The molecule has 0 spiro atoms. The highest BCUT2D eigenvalue weighted by atomic mass is 32.1. The number of ether oxygens (including phenoxy) is 1. The highest BCUT2D eigenvalue weighted by Gasteiger charge is 2.10. The lowest BCUT2D eigenvalue weighted by molar-refractivity contribution is -0.0504. The number of alkyl halides is 2. The molecule has 0 aliphatic rings. The first kappa shape index (κ1) is 18.1. The fourth-order valence-corrected chi connectivity index (χ4v) is 3.04. The summed E-state index contributed by atoms with van der Waals surface area (Å²) in [5, 5.41) is 7.30. The number of aromatic nitrogens is 1. The Morgan fingerprint density at radius 3 is 2.58 bits per heavy atom. The van der Waals surface area contributed by atoms with Crippen molar-refractivity contribution in [3.63, 3.8) is 0 Å². The number of nitrogens with zero attached hydrogens (tertiary/aromatic N) is 2. The summed E-state index contributed by atoms with van der Waals surface area (Å²) in [7, 11) is 1.65. The molecular weight excluding hydrogens is 334 g/mol. The molecule has 0 fully saturated rings. The minimum absolute atomic E-state index is 0.157. The Labute approximate surface area is 143 Å². The molecule has 130 valence electrons. The van der Waals surface area contributed by atoms with E-state index in [0.717, 1.165) is 15.6 Å². The van der Waals surface area contributed by atoms with Gasteiger partial charge in [-0.15, -0.1) is 11.3 Å². The van der Waals surface area contributed by atoms with Crippen molar-refractivity contribution >= 4 is 17.3 Å². The van der Waals surface area contributed by atoms with Crippen molar-refractivity contribution in [3.8, 4) is 5.75 Å². The van der Waals surface area contributed by atoms with E-state index in [4.69, 9.17) is 0 Å². The number of thiazole rings is 1. The number of aryl methyl sites for hydroxylation is 2. The van der Waals surface area contributed by atoms with Crippen LogP contribution < -0.4 is 15.4 Å². The van der Waals surface area contributed by atoms with E-state index in [0.29, 0.717) is 24.6 Å². The zero-order valence-corrected chi connectivity index (χ0v) is 14.6. The molecule has 2 aromatic rings. The first-order valence-corrected chi connectivity index (χ1v) is 8.21. The predicted octanol–water partition coefficient (Wildman–Crippen LogP) is 3.23. The first-order chi connectivity index (χ1) is 11.5. The first-order valence-electron chi connectivity index (χ1n) is 7.39. The fourth-order valence-electron chi connectivity index (χ4n) is 2.16. The molecule has 0 saturated heterocycles. The summed E-state index contributed by atoms with van der Waals surface area (Å²) in [6, 6.07) is 6.68. The van der Waals surface area contributed by atoms with E-state index < -0.39 is 6.61 Å². The van der Waals surface area contributed by atoms with Gasteiger partial charge < -0.3 is 15.4 Å². The Kier molecular flexibility index (Phi) is 6.48. The van der Waals surface area contributed by atoms with Gasteiger partial charge in [0.05, 0.1) is 17.2 Å². The third-order valence-electron chi connectivity index (χ3n) is 3.27. The van der Waals surface area contributed by atoms with Crippen LogP contribution in [0.1, 0.15) is 21.1 Å². The number of hydrogen-bond donors (Lipinski definition) is 2. The Morgan fingerprint density at radius 1 is 1.25 bits per heavy atom. The van der Waals surface area contributed by atoms with Gasteiger partial charge in [-0.3, -0.25) is 4.99 Å². The maximum absolute atomic E-state index is 12.4. The highest BCUT2D eigenvalue weighted by Crippen LogP contribution is 2.20. The molecular formula is C16H20F2N4OS. The molecule has 0 saturated carbocycles. The number of nitrogens with one attached hydrogen (secondary N) is 2. The van der Waals surface area contributed by atoms with Crippen molar-refractivity contribution in [3.05, 3.63) is 45.4 Å². The third kappa shape index (κ3) is 5.16. The number of hydrogen-bond acceptors (Lipinski definition) is 4. The van der Waals surface area contributed by atoms with Crippen LogP contribution in [0, 0.1) is 13.8 Å². The monoisotopic (exact) mass is 354 g/mol. The topological polar surface area (TPSA) is 58.5 Å². The lowest BCUT2D eigenvalue weighted by Gasteiger charge is -2.14. The number of benzene rings is 1. The molecule has 0 atom stereocenters. The Balaban J connectivity index is 1.93. The van der Waals surface area contributed by atoms with E-state index in [1.54, 1.807) is 36.6 Å². The van der Waals surface area contributed by atoms with Crippen molar-refractivity contribution < 1.29 is 13.5 Å². The van der Waals surface area contributed by atoms with Crippen LogP contribution in [-0.4, -0.2) is 24.6 Å². The molecule has 5 nitrogen and oxygen atoms in total. The summed E-state index contributed by atoms with van der Waals surface area (Å²) < 4.78 is 29.4. The van der Waals surface area contributed by atoms with Gasteiger partial charge in [-0.2, -0.15) is 8.78 Å². The SMILES string of the molecule is CN=C(NCc1ccccc1OC(F)F)NCc1sc(C)nc1C. The van der Waals surface area contributed by atoms with E-state index in [1.807, 2.05) is 13.8 Å². The second-order valence-corrected chi connectivity index (χ2v) is 6.29. The molecule has 2 N–H and O–H groups in total. The number of para-hydroxylation sites is 1. The van der Waals surface area contributed by atoms with Crippen molar-refractivity contribution in [2.24, 2.45) is 4.99 Å². The molecule has 0 aliphatic carbocycles. The van der Waals surface area contributed by atoms with Crippen LogP contribution >= 0.6 is 11.3 Å². The van der Waals surface area contributed by atoms with Crippen LogP contribution in [0.3, 0.4) is 0 Å². The summed E-state index contributed by atoms with van der Waals surface area (Å²) >= 11 is 1.63. The molecule has 1 aromatic heterocycles. The minimum atomic E-state index is -2.85. The third-order valence-corrected chi connectivity index (χ3v) is 4.35. The van der Waals surface area contributed by atoms with Gasteiger partial charge >= 0.3 is 6.61 Å². The van der Waals surface area contributed by atoms with Crippen molar-refractivity contribution in [2.45, 2.75) is 33.5 Å². The summed E-state index contributed by atoms with van der Waals surface area (Å²) in [4.78, 5) is 9.65. The summed E-state index contributed by atoms with van der Waals surface area (Å²) in [6.45, 7) is 2.01. The molecule has 1 heterocycles. The number of guanidine groups is 1. The van der Waals surface area contributed by atoms with Crippen LogP contribution in [0.5, 0.6) is 5.75 Å². The maximum Gasteiger partial charge on any atom is 0.387 e. The lowest BCUT2D eigenvalue weighted by atomic mass is 10.2. The van der Waals surface area contributed by atoms with Crippen LogP contribution in [-0.2, 0) is 13.1 Å². The van der Waals surface area contributed by atoms with Gasteiger partial charge in [0.1, 0.15) is 5.75 Å². The van der Waals surface area contributed by atoms with E-state index in [1.165, 1.54) is 6.07 Å². The Hall–Kier alpha value is -2.22. The molecule has 8 heteroatoms. The van der Waals surface area contributed by atoms with Gasteiger partial charge in [-0.1, -0.05) is 18.2 Å². The second kappa shape index (κ2) is 8.58. The van der Waals surface area contributed by atoms with Gasteiger partial charge in [-0.25, -0.2) is 4.98 Å². The summed E-state index contributed by atoms with van der Waals surface area (Å²) in [6.07, 6.45) is 0. The average molecular weight is 354 g/mol. The highest BCUT2D eigenvalue weighted by molar-refractivity contribution is 7.11. The van der Waals surface area contributed by atoms with Crippen LogP contribution in [0.2, 0.25) is 0 Å². The lowest BCUT2D eigenvalue weighted by Crippen LogP contribution is -2.36. The molecule has 0 radical (unpaired) electrons. The zero-order chi connectivity index (χ0) is 17.5. The average Bonchev–Trinajstić information content (AvgIpc) is 2.86. The van der Waals surface area contributed by atoms with Gasteiger partial charge in [0.2, 0.25) is 0 Å².